The highest BCUT2D eigenvalue weighted by molar-refractivity contribution is 14.1. The molecule has 0 aliphatic rings. The fraction of sp³-hybridized carbons (Fsp3) is 0.500. The molecule has 1 unspecified atom stereocenters. The molecule has 0 radical (unpaired) electrons. The fourth-order valence-corrected chi connectivity index (χ4v) is 2.15. The maximum absolute atomic E-state index is 12.3. The minimum absolute atomic E-state index is 0.157. The van der Waals surface area contributed by atoms with Crippen molar-refractivity contribution in [3.63, 3.8) is 0 Å². The average molecular weight is 435 g/mol. The smallest absolute Gasteiger partial charge is 0.305 e. The van der Waals surface area contributed by atoms with E-state index in [1.54, 1.807) is 12.1 Å². The lowest BCUT2D eigenvalue weighted by Gasteiger charge is -2.18. The van der Waals surface area contributed by atoms with Gasteiger partial charge in [-0.25, -0.2) is 0 Å². The van der Waals surface area contributed by atoms with Gasteiger partial charge < -0.3 is 19.5 Å². The van der Waals surface area contributed by atoms with E-state index in [1.165, 1.54) is 7.11 Å². The number of esters is 1. The van der Waals surface area contributed by atoms with Crippen LogP contribution in [0.15, 0.2) is 24.3 Å². The van der Waals surface area contributed by atoms with Gasteiger partial charge in [-0.05, 0) is 60.2 Å². The molecule has 0 saturated heterocycles. The van der Waals surface area contributed by atoms with Gasteiger partial charge in [-0.1, -0.05) is 0 Å². The minimum atomic E-state index is -0.316. The zero-order valence-corrected chi connectivity index (χ0v) is 15.5. The Morgan fingerprint density at radius 3 is 2.52 bits per heavy atom. The van der Waals surface area contributed by atoms with Crippen molar-refractivity contribution in [2.75, 3.05) is 27.1 Å². The summed E-state index contributed by atoms with van der Waals surface area (Å²) in [6, 6.07) is 6.96. The van der Waals surface area contributed by atoms with Crippen molar-refractivity contribution in [3.05, 3.63) is 33.4 Å². The van der Waals surface area contributed by atoms with E-state index in [9.17, 15) is 9.59 Å². The van der Waals surface area contributed by atoms with Gasteiger partial charge in [-0.2, -0.15) is 0 Å². The first kappa shape index (κ1) is 19.9. The van der Waals surface area contributed by atoms with Gasteiger partial charge in [0.05, 0.1) is 19.8 Å². The summed E-state index contributed by atoms with van der Waals surface area (Å²) in [6.45, 7) is 2.86. The van der Waals surface area contributed by atoms with E-state index in [1.807, 2.05) is 19.1 Å². The number of benzene rings is 1. The Bertz CT molecular complexity index is 492. The molecule has 0 aliphatic heterocycles. The van der Waals surface area contributed by atoms with Gasteiger partial charge in [-0.15, -0.1) is 0 Å². The molecule has 0 heterocycles. The van der Waals surface area contributed by atoms with Crippen LogP contribution in [0.25, 0.3) is 0 Å². The van der Waals surface area contributed by atoms with Gasteiger partial charge in [0.25, 0.3) is 5.91 Å². The Morgan fingerprint density at radius 2 is 1.91 bits per heavy atom. The molecule has 0 fully saturated rings. The van der Waals surface area contributed by atoms with E-state index in [2.05, 4.69) is 32.6 Å². The third kappa shape index (κ3) is 8.29. The number of methoxy groups -OCH3 is 1. The largest absolute Gasteiger partial charge is 0.469 e. The van der Waals surface area contributed by atoms with Crippen molar-refractivity contribution in [1.29, 1.82) is 0 Å². The Hall–Kier alpha value is -1.19. The van der Waals surface area contributed by atoms with Gasteiger partial charge in [-0.3, -0.25) is 9.59 Å². The molecule has 1 N–H and O–H groups in total. The van der Waals surface area contributed by atoms with E-state index < -0.39 is 0 Å². The molecular formula is C16H22INO5. The number of amides is 1. The third-order valence-electron chi connectivity index (χ3n) is 3.06. The molecule has 1 atom stereocenters. The number of rotatable bonds is 10. The van der Waals surface area contributed by atoms with Crippen LogP contribution in [0.1, 0.15) is 30.1 Å². The Labute approximate surface area is 150 Å². The number of hydrogen-bond donors (Lipinski definition) is 1. The van der Waals surface area contributed by atoms with E-state index >= 15 is 0 Å². The van der Waals surface area contributed by atoms with Crippen LogP contribution in [0, 0.1) is 3.57 Å². The zero-order chi connectivity index (χ0) is 17.1. The number of carbonyl (C=O) groups is 2. The van der Waals surface area contributed by atoms with Crippen molar-refractivity contribution in [1.82, 2.24) is 5.32 Å². The van der Waals surface area contributed by atoms with Gasteiger partial charge in [0.1, 0.15) is 6.79 Å². The van der Waals surface area contributed by atoms with Crippen molar-refractivity contribution in [2.24, 2.45) is 0 Å². The number of carbonyl (C=O) groups excluding carboxylic acids is 2. The van der Waals surface area contributed by atoms with Crippen LogP contribution >= 0.6 is 22.6 Å². The van der Waals surface area contributed by atoms with Crippen LogP contribution in [-0.2, 0) is 19.0 Å². The van der Waals surface area contributed by atoms with Crippen LogP contribution in [0.4, 0.5) is 0 Å². The SMILES string of the molecule is CCOCOCC(CCC(=O)OC)NC(=O)c1ccc(I)cc1. The molecule has 0 saturated carbocycles. The molecule has 7 heteroatoms. The summed E-state index contributed by atoms with van der Waals surface area (Å²) < 4.78 is 16.2. The van der Waals surface area contributed by atoms with Crippen LogP contribution < -0.4 is 5.32 Å². The molecule has 0 aliphatic carbocycles. The Morgan fingerprint density at radius 1 is 1.22 bits per heavy atom. The van der Waals surface area contributed by atoms with E-state index in [0.29, 0.717) is 18.6 Å². The normalized spacial score (nSPS) is 11.8. The van der Waals surface area contributed by atoms with E-state index in [-0.39, 0.29) is 37.7 Å². The maximum Gasteiger partial charge on any atom is 0.305 e. The number of hydrogen-bond acceptors (Lipinski definition) is 5. The van der Waals surface area contributed by atoms with Crippen molar-refractivity contribution < 1.29 is 23.8 Å². The lowest BCUT2D eigenvalue weighted by molar-refractivity contribution is -0.141. The summed E-state index contributed by atoms with van der Waals surface area (Å²) in [4.78, 5) is 23.5. The van der Waals surface area contributed by atoms with Gasteiger partial charge in [0, 0.05) is 22.2 Å². The maximum atomic E-state index is 12.3. The van der Waals surface area contributed by atoms with E-state index in [0.717, 1.165) is 3.57 Å². The average Bonchev–Trinajstić information content (AvgIpc) is 2.56. The molecule has 1 aromatic carbocycles. The van der Waals surface area contributed by atoms with Crippen LogP contribution in [0.5, 0.6) is 0 Å². The number of ether oxygens (including phenoxy) is 3. The molecule has 23 heavy (non-hydrogen) atoms. The molecule has 128 valence electrons. The van der Waals surface area contributed by atoms with Gasteiger partial charge >= 0.3 is 5.97 Å². The van der Waals surface area contributed by atoms with Crippen LogP contribution in [0.3, 0.4) is 0 Å². The molecule has 0 spiro atoms. The molecule has 6 nitrogen and oxygen atoms in total. The summed E-state index contributed by atoms with van der Waals surface area (Å²) in [5, 5.41) is 2.88. The predicted octanol–water partition coefficient (Wildman–Crippen LogP) is 2.35. The standard InChI is InChI=1S/C16H22INO5/c1-3-22-11-23-10-14(8-9-15(19)21-2)18-16(20)12-4-6-13(17)7-5-12/h4-7,14H,3,8-11H2,1-2H3,(H,18,20). The monoisotopic (exact) mass is 435 g/mol. The second-order valence-corrected chi connectivity index (χ2v) is 6.02. The summed E-state index contributed by atoms with van der Waals surface area (Å²) in [5.41, 5.74) is 0.568. The highest BCUT2D eigenvalue weighted by Crippen LogP contribution is 2.08. The molecule has 1 amide bonds. The Kier molecular flexibility index (Phi) is 9.81. The molecule has 0 bridgehead atoms. The summed E-state index contributed by atoms with van der Waals surface area (Å²) in [5.74, 6) is -0.514. The fourth-order valence-electron chi connectivity index (χ4n) is 1.79. The minimum Gasteiger partial charge on any atom is -0.469 e. The van der Waals surface area contributed by atoms with Gasteiger partial charge in [0.15, 0.2) is 0 Å². The topological polar surface area (TPSA) is 73.9 Å². The van der Waals surface area contributed by atoms with E-state index in [4.69, 9.17) is 9.47 Å². The van der Waals surface area contributed by atoms with Crippen LogP contribution in [0.2, 0.25) is 0 Å². The first-order valence-corrected chi connectivity index (χ1v) is 8.43. The molecule has 0 aromatic heterocycles. The first-order valence-electron chi connectivity index (χ1n) is 7.35. The van der Waals surface area contributed by atoms with Crippen molar-refractivity contribution >= 4 is 34.5 Å². The van der Waals surface area contributed by atoms with Crippen molar-refractivity contribution in [2.45, 2.75) is 25.8 Å². The lowest BCUT2D eigenvalue weighted by Crippen LogP contribution is -2.39. The molecule has 1 aromatic rings. The molecule has 1 rings (SSSR count). The van der Waals surface area contributed by atoms with Crippen LogP contribution in [-0.4, -0.2) is 45.0 Å². The number of halogens is 1. The highest BCUT2D eigenvalue weighted by atomic mass is 127. The quantitative estimate of drug-likeness (QED) is 0.265. The lowest BCUT2D eigenvalue weighted by atomic mass is 10.1. The molecular weight excluding hydrogens is 413 g/mol. The summed E-state index contributed by atoms with van der Waals surface area (Å²) >= 11 is 2.18. The second kappa shape index (κ2) is 11.4. The van der Waals surface area contributed by atoms with Crippen molar-refractivity contribution in [3.8, 4) is 0 Å². The predicted molar refractivity (Wildman–Crippen MR) is 94.1 cm³/mol. The second-order valence-electron chi connectivity index (χ2n) is 4.77. The summed E-state index contributed by atoms with van der Waals surface area (Å²) in [6.07, 6.45) is 0.654. The highest BCUT2D eigenvalue weighted by Gasteiger charge is 2.16. The Balaban J connectivity index is 2.56. The zero-order valence-electron chi connectivity index (χ0n) is 13.3. The summed E-state index contributed by atoms with van der Waals surface area (Å²) in [7, 11) is 1.34. The third-order valence-corrected chi connectivity index (χ3v) is 3.78. The first-order chi connectivity index (χ1) is 11.1. The van der Waals surface area contributed by atoms with Gasteiger partial charge in [0.2, 0.25) is 0 Å². The number of nitrogens with one attached hydrogen (secondary N) is 1.